The number of thiazole rings is 1. The Morgan fingerprint density at radius 2 is 1.97 bits per heavy atom. The van der Waals surface area contributed by atoms with Crippen LogP contribution in [0.2, 0.25) is 5.02 Å². The Morgan fingerprint density at radius 1 is 1.21 bits per heavy atom. The van der Waals surface area contributed by atoms with E-state index in [0.717, 1.165) is 17.5 Å². The average molecular weight is 429 g/mol. The lowest BCUT2D eigenvalue weighted by Gasteiger charge is -2.14. The van der Waals surface area contributed by atoms with Gasteiger partial charge in [-0.1, -0.05) is 54.9 Å². The number of nitrogens with one attached hydrogen (secondary N) is 1. The third kappa shape index (κ3) is 5.65. The zero-order valence-corrected chi connectivity index (χ0v) is 17.7. The number of halogens is 1. The molecule has 0 saturated heterocycles. The first-order valence-corrected chi connectivity index (χ1v) is 10.5. The van der Waals surface area contributed by atoms with E-state index >= 15 is 0 Å². The van der Waals surface area contributed by atoms with Crippen molar-refractivity contribution in [3.05, 3.63) is 75.8 Å². The fraction of sp³-hybridized carbons (Fsp3) is 0.227. The highest BCUT2D eigenvalue weighted by Gasteiger charge is 2.16. The first kappa shape index (κ1) is 21.0. The number of hydrogen-bond acceptors (Lipinski definition) is 5. The molecule has 5 nitrogen and oxygen atoms in total. The molecule has 0 aliphatic carbocycles. The molecule has 0 aliphatic rings. The summed E-state index contributed by atoms with van der Waals surface area (Å²) in [6.45, 7) is 3.62. The van der Waals surface area contributed by atoms with Gasteiger partial charge in [-0.05, 0) is 36.6 Å². The fourth-order valence-corrected chi connectivity index (χ4v) is 3.71. The maximum Gasteiger partial charge on any atom is 0.358 e. The summed E-state index contributed by atoms with van der Waals surface area (Å²) in [4.78, 5) is 28.6. The second-order valence-corrected chi connectivity index (χ2v) is 7.80. The second-order valence-electron chi connectivity index (χ2n) is 6.51. The monoisotopic (exact) mass is 428 g/mol. The number of ether oxygens (including phenoxy) is 1. The van der Waals surface area contributed by atoms with Crippen LogP contribution in [0, 0.1) is 0 Å². The summed E-state index contributed by atoms with van der Waals surface area (Å²) in [6.07, 6.45) is 0.965. The molecule has 0 fully saturated rings. The van der Waals surface area contributed by atoms with Gasteiger partial charge in [0.2, 0.25) is 0 Å². The molecule has 0 bridgehead atoms. The molecule has 1 amide bonds. The van der Waals surface area contributed by atoms with Crippen molar-refractivity contribution >= 4 is 34.8 Å². The number of aryl methyl sites for hydroxylation is 1. The van der Waals surface area contributed by atoms with E-state index in [1.54, 1.807) is 17.5 Å². The molecule has 1 aromatic heterocycles. The molecule has 0 spiro atoms. The summed E-state index contributed by atoms with van der Waals surface area (Å²) in [5.41, 5.74) is 3.22. The van der Waals surface area contributed by atoms with E-state index in [9.17, 15) is 9.59 Å². The van der Waals surface area contributed by atoms with E-state index in [1.807, 2.05) is 43.3 Å². The van der Waals surface area contributed by atoms with Crippen molar-refractivity contribution in [3.63, 3.8) is 0 Å². The largest absolute Gasteiger partial charge is 0.451 e. The predicted molar refractivity (Wildman–Crippen MR) is 115 cm³/mol. The van der Waals surface area contributed by atoms with Crippen LogP contribution in [-0.4, -0.2) is 23.5 Å². The Morgan fingerprint density at radius 3 is 2.66 bits per heavy atom. The third-order valence-electron chi connectivity index (χ3n) is 4.38. The normalized spacial score (nSPS) is 11.7. The van der Waals surface area contributed by atoms with Crippen LogP contribution in [0.3, 0.4) is 0 Å². The smallest absolute Gasteiger partial charge is 0.358 e. The highest BCUT2D eigenvalue weighted by atomic mass is 35.5. The number of aromatic nitrogens is 1. The zero-order valence-electron chi connectivity index (χ0n) is 16.1. The molecular formula is C22H21ClN2O3S. The Bertz CT molecular complexity index is 1000. The number of amides is 1. The van der Waals surface area contributed by atoms with Crippen LogP contribution in [-0.2, 0) is 16.0 Å². The lowest BCUT2D eigenvalue weighted by Crippen LogP contribution is -2.31. The summed E-state index contributed by atoms with van der Waals surface area (Å²) in [6, 6.07) is 15.1. The van der Waals surface area contributed by atoms with E-state index in [-0.39, 0.29) is 24.2 Å². The highest BCUT2D eigenvalue weighted by molar-refractivity contribution is 7.13. The first-order chi connectivity index (χ1) is 14.0. The molecule has 0 aliphatic heterocycles. The summed E-state index contributed by atoms with van der Waals surface area (Å²) in [5.74, 6) is -1.000. The molecule has 1 N–H and O–H groups in total. The number of carbonyl (C=O) groups is 2. The van der Waals surface area contributed by atoms with Crippen LogP contribution in [0.5, 0.6) is 0 Å². The van der Waals surface area contributed by atoms with Crippen LogP contribution in [0.4, 0.5) is 0 Å². The Kier molecular flexibility index (Phi) is 7.01. The minimum atomic E-state index is -0.635. The van der Waals surface area contributed by atoms with Gasteiger partial charge < -0.3 is 10.1 Å². The lowest BCUT2D eigenvalue weighted by molar-refractivity contribution is -0.124. The topological polar surface area (TPSA) is 68.3 Å². The van der Waals surface area contributed by atoms with E-state index in [1.165, 1.54) is 16.9 Å². The van der Waals surface area contributed by atoms with Gasteiger partial charge in [-0.3, -0.25) is 4.79 Å². The number of rotatable bonds is 7. The molecule has 1 heterocycles. The number of nitrogens with zero attached hydrogens (tertiary/aromatic N) is 1. The van der Waals surface area contributed by atoms with Crippen LogP contribution < -0.4 is 5.32 Å². The predicted octanol–water partition coefficient (Wildman–Crippen LogP) is 5.06. The molecule has 29 heavy (non-hydrogen) atoms. The van der Waals surface area contributed by atoms with Crippen molar-refractivity contribution in [1.82, 2.24) is 10.3 Å². The standard InChI is InChI=1S/C22H21ClN2O3S/c1-3-15-7-9-16(10-8-15)14(2)24-20(26)12-28-22(27)19-13-29-21(25-19)17-5-4-6-18(23)11-17/h4-11,13-14H,3,12H2,1-2H3,(H,24,26). The molecule has 0 saturated carbocycles. The van der Waals surface area contributed by atoms with Crippen LogP contribution >= 0.6 is 22.9 Å². The van der Waals surface area contributed by atoms with Gasteiger partial charge in [-0.15, -0.1) is 11.3 Å². The summed E-state index contributed by atoms with van der Waals surface area (Å²) < 4.78 is 5.10. The number of esters is 1. The molecule has 3 rings (SSSR count). The Labute approximate surface area is 178 Å². The molecular weight excluding hydrogens is 408 g/mol. The van der Waals surface area contributed by atoms with Gasteiger partial charge in [0.15, 0.2) is 12.3 Å². The third-order valence-corrected chi connectivity index (χ3v) is 5.51. The van der Waals surface area contributed by atoms with Gasteiger partial charge in [0.05, 0.1) is 6.04 Å². The molecule has 1 unspecified atom stereocenters. The van der Waals surface area contributed by atoms with Gasteiger partial charge in [-0.25, -0.2) is 9.78 Å². The van der Waals surface area contributed by atoms with Crippen molar-refractivity contribution in [2.75, 3.05) is 6.61 Å². The summed E-state index contributed by atoms with van der Waals surface area (Å²) >= 11 is 7.30. The van der Waals surface area contributed by atoms with E-state index in [4.69, 9.17) is 16.3 Å². The zero-order chi connectivity index (χ0) is 20.8. The van der Waals surface area contributed by atoms with Crippen LogP contribution in [0.25, 0.3) is 10.6 Å². The van der Waals surface area contributed by atoms with E-state index in [2.05, 4.69) is 17.2 Å². The first-order valence-electron chi connectivity index (χ1n) is 9.23. The SMILES string of the molecule is CCc1ccc(C(C)NC(=O)COC(=O)c2csc(-c3cccc(Cl)c3)n2)cc1. The second kappa shape index (κ2) is 9.67. The summed E-state index contributed by atoms with van der Waals surface area (Å²) in [5, 5.41) is 5.69. The van der Waals surface area contributed by atoms with Gasteiger partial charge in [0.1, 0.15) is 5.01 Å². The molecule has 0 radical (unpaired) electrons. The number of benzene rings is 2. The summed E-state index contributed by atoms with van der Waals surface area (Å²) in [7, 11) is 0. The molecule has 3 aromatic rings. The van der Waals surface area contributed by atoms with Crippen molar-refractivity contribution in [2.24, 2.45) is 0 Å². The molecule has 150 valence electrons. The molecule has 7 heteroatoms. The van der Waals surface area contributed by atoms with E-state index < -0.39 is 5.97 Å². The van der Waals surface area contributed by atoms with Crippen LogP contribution in [0.1, 0.15) is 41.5 Å². The Hall–Kier alpha value is -2.70. The highest BCUT2D eigenvalue weighted by Crippen LogP contribution is 2.26. The number of carbonyl (C=O) groups excluding carboxylic acids is 2. The van der Waals surface area contributed by atoms with E-state index in [0.29, 0.717) is 10.0 Å². The van der Waals surface area contributed by atoms with Crippen LogP contribution in [0.15, 0.2) is 53.9 Å². The average Bonchev–Trinajstić information content (AvgIpc) is 3.22. The number of hydrogen-bond donors (Lipinski definition) is 1. The molecule has 2 aromatic carbocycles. The van der Waals surface area contributed by atoms with Crippen molar-refractivity contribution in [3.8, 4) is 10.6 Å². The minimum Gasteiger partial charge on any atom is -0.451 e. The van der Waals surface area contributed by atoms with Gasteiger partial charge in [0, 0.05) is 16.0 Å². The Balaban J connectivity index is 1.53. The quantitative estimate of drug-likeness (QED) is 0.534. The lowest BCUT2D eigenvalue weighted by atomic mass is 10.1. The maximum absolute atomic E-state index is 12.2. The van der Waals surface area contributed by atoms with Crippen molar-refractivity contribution < 1.29 is 14.3 Å². The van der Waals surface area contributed by atoms with Gasteiger partial charge >= 0.3 is 5.97 Å². The molecule has 1 atom stereocenters. The van der Waals surface area contributed by atoms with Crippen molar-refractivity contribution in [2.45, 2.75) is 26.3 Å². The van der Waals surface area contributed by atoms with Gasteiger partial charge in [-0.2, -0.15) is 0 Å². The minimum absolute atomic E-state index is 0.168. The van der Waals surface area contributed by atoms with Gasteiger partial charge in [0.25, 0.3) is 5.91 Å². The van der Waals surface area contributed by atoms with Crippen molar-refractivity contribution in [1.29, 1.82) is 0 Å². The fourth-order valence-electron chi connectivity index (χ4n) is 2.74. The maximum atomic E-state index is 12.2.